The van der Waals surface area contributed by atoms with Gasteiger partial charge in [0, 0.05) is 17.6 Å². The Hall–Kier alpha value is -0.900. The standard InChI is InChI=1S/C11H13BrFNO/c1-7(2)14(3)11(15)9-5-4-8(13)6-10(9)12/h4-7H,1-3H3. The van der Waals surface area contributed by atoms with Gasteiger partial charge in [-0.05, 0) is 48.0 Å². The van der Waals surface area contributed by atoms with Crippen LogP contribution < -0.4 is 0 Å². The molecule has 2 nitrogen and oxygen atoms in total. The van der Waals surface area contributed by atoms with Crippen molar-refractivity contribution in [3.63, 3.8) is 0 Å². The van der Waals surface area contributed by atoms with Crippen molar-refractivity contribution in [3.8, 4) is 0 Å². The summed E-state index contributed by atoms with van der Waals surface area (Å²) in [5.41, 5.74) is 0.479. The molecule has 1 amide bonds. The first-order chi connectivity index (χ1) is 6.93. The third-order valence-corrected chi connectivity index (χ3v) is 2.91. The molecular formula is C11H13BrFNO. The van der Waals surface area contributed by atoms with Crippen molar-refractivity contribution in [1.29, 1.82) is 0 Å². The number of amides is 1. The lowest BCUT2D eigenvalue weighted by Gasteiger charge is -2.21. The van der Waals surface area contributed by atoms with Crippen molar-refractivity contribution in [2.75, 3.05) is 7.05 Å². The lowest BCUT2D eigenvalue weighted by molar-refractivity contribution is 0.0754. The maximum Gasteiger partial charge on any atom is 0.254 e. The molecule has 1 aromatic rings. The van der Waals surface area contributed by atoms with Crippen LogP contribution in [-0.4, -0.2) is 23.9 Å². The topological polar surface area (TPSA) is 20.3 Å². The first-order valence-corrected chi connectivity index (χ1v) is 5.45. The molecule has 0 aliphatic rings. The molecule has 15 heavy (non-hydrogen) atoms. The average Bonchev–Trinajstić information content (AvgIpc) is 2.15. The van der Waals surface area contributed by atoms with Gasteiger partial charge in [0.15, 0.2) is 0 Å². The highest BCUT2D eigenvalue weighted by atomic mass is 79.9. The van der Waals surface area contributed by atoms with Gasteiger partial charge in [-0.3, -0.25) is 4.79 Å². The van der Waals surface area contributed by atoms with Gasteiger partial charge in [0.2, 0.25) is 0 Å². The summed E-state index contributed by atoms with van der Waals surface area (Å²) in [6, 6.07) is 4.18. The molecular weight excluding hydrogens is 261 g/mol. The van der Waals surface area contributed by atoms with Crippen LogP contribution in [0, 0.1) is 5.82 Å². The van der Waals surface area contributed by atoms with Crippen molar-refractivity contribution >= 4 is 21.8 Å². The predicted octanol–water partition coefficient (Wildman–Crippen LogP) is 3.07. The summed E-state index contributed by atoms with van der Waals surface area (Å²) in [6.07, 6.45) is 0. The SMILES string of the molecule is CC(C)N(C)C(=O)c1ccc(F)cc1Br. The minimum Gasteiger partial charge on any atom is -0.339 e. The van der Waals surface area contributed by atoms with Crippen LogP contribution in [0.25, 0.3) is 0 Å². The summed E-state index contributed by atoms with van der Waals surface area (Å²) < 4.78 is 13.3. The fraction of sp³-hybridized carbons (Fsp3) is 0.364. The van der Waals surface area contributed by atoms with Gasteiger partial charge in [0.05, 0.1) is 5.56 Å². The van der Waals surface area contributed by atoms with Crippen LogP contribution in [0.2, 0.25) is 0 Å². The maximum absolute atomic E-state index is 12.8. The minimum atomic E-state index is -0.356. The molecule has 0 spiro atoms. The zero-order chi connectivity index (χ0) is 11.6. The number of benzene rings is 1. The Morgan fingerprint density at radius 2 is 2.07 bits per heavy atom. The number of rotatable bonds is 2. The Balaban J connectivity index is 3.01. The molecule has 0 aromatic heterocycles. The molecule has 0 aliphatic carbocycles. The molecule has 0 N–H and O–H groups in total. The number of carbonyl (C=O) groups is 1. The molecule has 0 bridgehead atoms. The van der Waals surface area contributed by atoms with Gasteiger partial charge in [0.25, 0.3) is 5.91 Å². The molecule has 1 rings (SSSR count). The Morgan fingerprint density at radius 3 is 2.53 bits per heavy atom. The quantitative estimate of drug-likeness (QED) is 0.811. The number of hydrogen-bond acceptors (Lipinski definition) is 1. The van der Waals surface area contributed by atoms with E-state index in [0.29, 0.717) is 10.0 Å². The van der Waals surface area contributed by atoms with Crippen LogP contribution in [0.3, 0.4) is 0 Å². The van der Waals surface area contributed by atoms with Crippen molar-refractivity contribution in [2.45, 2.75) is 19.9 Å². The molecule has 0 radical (unpaired) electrons. The molecule has 0 aliphatic heterocycles. The Morgan fingerprint density at radius 1 is 1.47 bits per heavy atom. The number of carbonyl (C=O) groups excluding carboxylic acids is 1. The van der Waals surface area contributed by atoms with Crippen molar-refractivity contribution < 1.29 is 9.18 Å². The summed E-state index contributed by atoms with van der Waals surface area (Å²) in [7, 11) is 1.72. The zero-order valence-corrected chi connectivity index (χ0v) is 10.5. The number of nitrogens with zero attached hydrogens (tertiary/aromatic N) is 1. The van der Waals surface area contributed by atoms with E-state index in [-0.39, 0.29) is 17.8 Å². The molecule has 0 unspecified atom stereocenters. The van der Waals surface area contributed by atoms with Gasteiger partial charge < -0.3 is 4.90 Å². The van der Waals surface area contributed by atoms with E-state index in [1.165, 1.54) is 18.2 Å². The van der Waals surface area contributed by atoms with Crippen LogP contribution in [0.15, 0.2) is 22.7 Å². The van der Waals surface area contributed by atoms with Gasteiger partial charge in [-0.1, -0.05) is 0 Å². The molecule has 4 heteroatoms. The highest BCUT2D eigenvalue weighted by Gasteiger charge is 2.16. The predicted molar refractivity (Wildman–Crippen MR) is 61.3 cm³/mol. The van der Waals surface area contributed by atoms with Crippen molar-refractivity contribution in [3.05, 3.63) is 34.1 Å². The smallest absolute Gasteiger partial charge is 0.254 e. The van der Waals surface area contributed by atoms with Crippen LogP contribution in [-0.2, 0) is 0 Å². The van der Waals surface area contributed by atoms with E-state index in [2.05, 4.69) is 15.9 Å². The highest BCUT2D eigenvalue weighted by molar-refractivity contribution is 9.10. The fourth-order valence-corrected chi connectivity index (χ4v) is 1.61. The van der Waals surface area contributed by atoms with Gasteiger partial charge in [0.1, 0.15) is 5.82 Å². The van der Waals surface area contributed by atoms with E-state index in [9.17, 15) is 9.18 Å². The summed E-state index contributed by atoms with van der Waals surface area (Å²) >= 11 is 3.18. The fourth-order valence-electron chi connectivity index (χ4n) is 1.09. The summed E-state index contributed by atoms with van der Waals surface area (Å²) in [6.45, 7) is 3.85. The van der Waals surface area contributed by atoms with Crippen molar-refractivity contribution in [1.82, 2.24) is 4.90 Å². The minimum absolute atomic E-state index is 0.114. The second-order valence-electron chi connectivity index (χ2n) is 3.63. The normalized spacial score (nSPS) is 10.5. The highest BCUT2D eigenvalue weighted by Crippen LogP contribution is 2.19. The Labute approximate surface area is 97.2 Å². The first kappa shape index (κ1) is 12.2. The molecule has 1 aromatic carbocycles. The third kappa shape index (κ3) is 2.78. The monoisotopic (exact) mass is 273 g/mol. The van der Waals surface area contributed by atoms with Gasteiger partial charge in [-0.15, -0.1) is 0 Å². The van der Waals surface area contributed by atoms with Crippen LogP contribution >= 0.6 is 15.9 Å². The average molecular weight is 274 g/mol. The second-order valence-corrected chi connectivity index (χ2v) is 4.49. The summed E-state index contributed by atoms with van der Waals surface area (Å²) in [5.74, 6) is -0.470. The third-order valence-electron chi connectivity index (χ3n) is 2.26. The van der Waals surface area contributed by atoms with E-state index in [1.807, 2.05) is 13.8 Å². The summed E-state index contributed by atoms with van der Waals surface area (Å²) in [4.78, 5) is 13.5. The van der Waals surface area contributed by atoms with E-state index < -0.39 is 0 Å². The largest absolute Gasteiger partial charge is 0.339 e. The molecule has 82 valence electrons. The lowest BCUT2D eigenvalue weighted by Crippen LogP contribution is -2.33. The zero-order valence-electron chi connectivity index (χ0n) is 8.92. The Kier molecular flexibility index (Phi) is 3.85. The maximum atomic E-state index is 12.8. The summed E-state index contributed by atoms with van der Waals surface area (Å²) in [5, 5.41) is 0. The van der Waals surface area contributed by atoms with E-state index >= 15 is 0 Å². The van der Waals surface area contributed by atoms with Crippen molar-refractivity contribution in [2.24, 2.45) is 0 Å². The van der Waals surface area contributed by atoms with Gasteiger partial charge >= 0.3 is 0 Å². The molecule has 0 saturated carbocycles. The second kappa shape index (κ2) is 4.75. The van der Waals surface area contributed by atoms with E-state index in [1.54, 1.807) is 11.9 Å². The number of halogens is 2. The molecule has 0 atom stereocenters. The van der Waals surface area contributed by atoms with Crippen LogP contribution in [0.1, 0.15) is 24.2 Å². The molecule has 0 heterocycles. The lowest BCUT2D eigenvalue weighted by atomic mass is 10.2. The van der Waals surface area contributed by atoms with E-state index in [4.69, 9.17) is 0 Å². The number of hydrogen-bond donors (Lipinski definition) is 0. The molecule has 0 fully saturated rings. The van der Waals surface area contributed by atoms with Gasteiger partial charge in [-0.2, -0.15) is 0 Å². The Bertz CT molecular complexity index is 379. The van der Waals surface area contributed by atoms with Crippen LogP contribution in [0.4, 0.5) is 4.39 Å². The van der Waals surface area contributed by atoms with Gasteiger partial charge in [-0.25, -0.2) is 4.39 Å². The van der Waals surface area contributed by atoms with Crippen LogP contribution in [0.5, 0.6) is 0 Å². The molecule has 0 saturated heterocycles. The first-order valence-electron chi connectivity index (χ1n) is 4.65. The van der Waals surface area contributed by atoms with E-state index in [0.717, 1.165) is 0 Å².